The molecule has 2 aromatic rings. The summed E-state index contributed by atoms with van der Waals surface area (Å²) >= 11 is 0. The van der Waals surface area contributed by atoms with E-state index in [4.69, 9.17) is 0 Å². The van der Waals surface area contributed by atoms with Gasteiger partial charge in [-0.05, 0) is 34.7 Å². The van der Waals surface area contributed by atoms with Gasteiger partial charge in [-0.1, -0.05) is 44.2 Å². The fourth-order valence-corrected chi connectivity index (χ4v) is 3.81. The van der Waals surface area contributed by atoms with Crippen LogP contribution in [0.15, 0.2) is 42.5 Å². The van der Waals surface area contributed by atoms with E-state index in [1.54, 1.807) is 0 Å². The van der Waals surface area contributed by atoms with Crippen LogP contribution in [0, 0.1) is 0 Å². The number of nitrogens with zero attached hydrogens (tertiary/aromatic N) is 1. The van der Waals surface area contributed by atoms with E-state index in [2.05, 4.69) is 71.8 Å². The Morgan fingerprint density at radius 1 is 1.12 bits per heavy atom. The molecule has 0 aromatic heterocycles. The first-order valence-electron chi connectivity index (χ1n) is 9.13. The number of benzene rings is 2. The van der Waals surface area contributed by atoms with Crippen LogP contribution >= 0.6 is 0 Å². The van der Waals surface area contributed by atoms with Crippen LogP contribution < -0.4 is 15.5 Å². The summed E-state index contributed by atoms with van der Waals surface area (Å²) in [4.78, 5) is 14.6. The maximum absolute atomic E-state index is 12.2. The molecule has 1 unspecified atom stereocenters. The Labute approximate surface area is 149 Å². The number of hydrogen-bond acceptors (Lipinski definition) is 3. The molecule has 2 aromatic carbocycles. The molecule has 130 valence electrons. The van der Waals surface area contributed by atoms with Crippen LogP contribution in [-0.4, -0.2) is 31.6 Å². The highest BCUT2D eigenvalue weighted by Gasteiger charge is 2.30. The molecule has 0 bridgehead atoms. The maximum Gasteiger partial charge on any atom is 0.226 e. The highest BCUT2D eigenvalue weighted by atomic mass is 16.1. The van der Waals surface area contributed by atoms with Crippen LogP contribution in [0.2, 0.25) is 0 Å². The van der Waals surface area contributed by atoms with Crippen molar-refractivity contribution in [3.63, 3.8) is 0 Å². The quantitative estimate of drug-likeness (QED) is 0.881. The number of amides is 1. The molecule has 2 N–H and O–H groups in total. The van der Waals surface area contributed by atoms with Crippen molar-refractivity contribution in [1.82, 2.24) is 5.32 Å². The molecule has 4 heteroatoms. The number of nitrogens with one attached hydrogen (secondary N) is 2. The third-order valence-corrected chi connectivity index (χ3v) is 5.24. The number of anilines is 2. The Bertz CT molecular complexity index is 799. The Morgan fingerprint density at radius 2 is 1.96 bits per heavy atom. The summed E-state index contributed by atoms with van der Waals surface area (Å²) in [6.45, 7) is 7.19. The predicted molar refractivity (Wildman–Crippen MR) is 103 cm³/mol. The van der Waals surface area contributed by atoms with Crippen molar-refractivity contribution in [1.29, 1.82) is 0 Å². The van der Waals surface area contributed by atoms with Crippen LogP contribution in [-0.2, 0) is 4.79 Å². The van der Waals surface area contributed by atoms with Crippen molar-refractivity contribution in [2.45, 2.75) is 32.2 Å². The van der Waals surface area contributed by atoms with Crippen LogP contribution in [0.5, 0.6) is 0 Å². The minimum Gasteiger partial charge on any atom is -0.364 e. The summed E-state index contributed by atoms with van der Waals surface area (Å²) in [5.74, 6) is 0.615. The van der Waals surface area contributed by atoms with Crippen molar-refractivity contribution in [2.24, 2.45) is 0 Å². The second kappa shape index (κ2) is 6.52. The lowest BCUT2D eigenvalue weighted by Crippen LogP contribution is -2.51. The summed E-state index contributed by atoms with van der Waals surface area (Å²) in [6.07, 6.45) is 0.542. The van der Waals surface area contributed by atoms with Crippen molar-refractivity contribution < 1.29 is 4.79 Å². The van der Waals surface area contributed by atoms with Gasteiger partial charge in [0.15, 0.2) is 0 Å². The minimum atomic E-state index is 0.104. The largest absolute Gasteiger partial charge is 0.364 e. The molecular formula is C21H25N3O. The van der Waals surface area contributed by atoms with Crippen molar-refractivity contribution >= 4 is 17.3 Å². The molecule has 1 amide bonds. The zero-order valence-electron chi connectivity index (χ0n) is 14.9. The third kappa shape index (κ3) is 3.14. The van der Waals surface area contributed by atoms with Gasteiger partial charge in [-0.15, -0.1) is 0 Å². The molecule has 1 saturated heterocycles. The topological polar surface area (TPSA) is 44.4 Å². The molecule has 4 rings (SSSR count). The number of carbonyl (C=O) groups is 1. The number of fused-ring (bicyclic) bond motifs is 3. The molecule has 2 aliphatic rings. The second-order valence-corrected chi connectivity index (χ2v) is 7.32. The molecule has 0 aliphatic carbocycles. The van der Waals surface area contributed by atoms with Crippen LogP contribution in [0.3, 0.4) is 0 Å². The SMILES string of the molecule is CC(C)c1cccc(-c2ccc3c(c2)N2CCNCC2CC(=O)N3)c1. The molecule has 4 nitrogen and oxygen atoms in total. The van der Waals surface area contributed by atoms with Gasteiger partial charge in [0.2, 0.25) is 5.91 Å². The normalized spacial score (nSPS) is 19.9. The fourth-order valence-electron chi connectivity index (χ4n) is 3.81. The molecule has 25 heavy (non-hydrogen) atoms. The van der Waals surface area contributed by atoms with Gasteiger partial charge in [0, 0.05) is 26.1 Å². The van der Waals surface area contributed by atoms with Crippen molar-refractivity contribution in [3.05, 3.63) is 48.0 Å². The van der Waals surface area contributed by atoms with E-state index in [1.165, 1.54) is 16.7 Å². The van der Waals surface area contributed by atoms with Gasteiger partial charge in [-0.2, -0.15) is 0 Å². The van der Waals surface area contributed by atoms with Crippen LogP contribution in [0.25, 0.3) is 11.1 Å². The van der Waals surface area contributed by atoms with Gasteiger partial charge in [0.25, 0.3) is 0 Å². The molecule has 2 heterocycles. The van der Waals surface area contributed by atoms with Gasteiger partial charge in [-0.25, -0.2) is 0 Å². The minimum absolute atomic E-state index is 0.104. The van der Waals surface area contributed by atoms with Gasteiger partial charge < -0.3 is 15.5 Å². The van der Waals surface area contributed by atoms with Gasteiger partial charge in [0.05, 0.1) is 17.4 Å². The summed E-state index contributed by atoms with van der Waals surface area (Å²) in [5, 5.41) is 6.49. The maximum atomic E-state index is 12.2. The molecule has 2 aliphatic heterocycles. The first-order valence-corrected chi connectivity index (χ1v) is 9.13. The number of rotatable bonds is 2. The molecule has 0 saturated carbocycles. The molecule has 0 radical (unpaired) electrons. The Hall–Kier alpha value is -2.33. The molecule has 0 spiro atoms. The van der Waals surface area contributed by atoms with Gasteiger partial charge in [-0.3, -0.25) is 4.79 Å². The van der Waals surface area contributed by atoms with Crippen LogP contribution in [0.4, 0.5) is 11.4 Å². The summed E-state index contributed by atoms with van der Waals surface area (Å²) < 4.78 is 0. The average molecular weight is 335 g/mol. The highest BCUT2D eigenvalue weighted by molar-refractivity contribution is 5.97. The first kappa shape index (κ1) is 16.2. The lowest BCUT2D eigenvalue weighted by Gasteiger charge is -2.36. The molecule has 1 atom stereocenters. The Kier molecular flexibility index (Phi) is 4.22. The summed E-state index contributed by atoms with van der Waals surface area (Å²) in [6, 6.07) is 15.4. The van der Waals surface area contributed by atoms with E-state index >= 15 is 0 Å². The van der Waals surface area contributed by atoms with E-state index in [0.29, 0.717) is 12.3 Å². The Morgan fingerprint density at radius 3 is 2.80 bits per heavy atom. The Balaban J connectivity index is 1.77. The summed E-state index contributed by atoms with van der Waals surface area (Å²) in [5.41, 5.74) is 5.86. The van der Waals surface area contributed by atoms with E-state index in [9.17, 15) is 4.79 Å². The first-order chi connectivity index (χ1) is 12.1. The average Bonchev–Trinajstić information content (AvgIpc) is 2.76. The van der Waals surface area contributed by atoms with E-state index < -0.39 is 0 Å². The smallest absolute Gasteiger partial charge is 0.226 e. The highest BCUT2D eigenvalue weighted by Crippen LogP contribution is 2.36. The lowest BCUT2D eigenvalue weighted by molar-refractivity contribution is -0.116. The van der Waals surface area contributed by atoms with E-state index in [-0.39, 0.29) is 11.9 Å². The summed E-state index contributed by atoms with van der Waals surface area (Å²) in [7, 11) is 0. The van der Waals surface area contributed by atoms with E-state index in [1.807, 2.05) is 0 Å². The zero-order valence-corrected chi connectivity index (χ0v) is 14.9. The van der Waals surface area contributed by atoms with Gasteiger partial charge in [0.1, 0.15) is 0 Å². The third-order valence-electron chi connectivity index (χ3n) is 5.24. The number of piperazine rings is 1. The monoisotopic (exact) mass is 335 g/mol. The van der Waals surface area contributed by atoms with E-state index in [0.717, 1.165) is 31.0 Å². The molecular weight excluding hydrogens is 310 g/mol. The van der Waals surface area contributed by atoms with Crippen LogP contribution in [0.1, 0.15) is 31.7 Å². The second-order valence-electron chi connectivity index (χ2n) is 7.32. The molecule has 1 fully saturated rings. The van der Waals surface area contributed by atoms with Crippen molar-refractivity contribution in [2.75, 3.05) is 29.9 Å². The zero-order chi connectivity index (χ0) is 17.4. The van der Waals surface area contributed by atoms with Gasteiger partial charge >= 0.3 is 0 Å². The number of carbonyl (C=O) groups excluding carboxylic acids is 1. The number of hydrogen-bond donors (Lipinski definition) is 2. The standard InChI is InChI=1S/C21H25N3O/c1-14(2)15-4-3-5-16(10-15)17-6-7-19-20(11-17)24-9-8-22-13-18(24)12-21(25)23-19/h3-7,10-11,14,18,22H,8-9,12-13H2,1-2H3,(H,23,25). The predicted octanol–water partition coefficient (Wildman–Crippen LogP) is 3.60. The fraction of sp³-hybridized carbons (Fsp3) is 0.381. The van der Waals surface area contributed by atoms with Crippen molar-refractivity contribution in [3.8, 4) is 11.1 Å². The lowest BCUT2D eigenvalue weighted by atomic mass is 9.96.